The molecular weight excluding hydrogens is 144 g/mol. The fraction of sp³-hybridized carbons (Fsp3) is 1.00. The normalized spacial score (nSPS) is 19.9. The molecule has 0 heterocycles. The van der Waals surface area contributed by atoms with Gasteiger partial charge in [-0.05, 0) is 18.3 Å². The second-order valence-electron chi connectivity index (χ2n) is 2.77. The summed E-state index contributed by atoms with van der Waals surface area (Å²) in [7, 11) is 2.06. The van der Waals surface area contributed by atoms with Crippen molar-refractivity contribution in [1.82, 2.24) is 0 Å². The molecule has 0 aliphatic carbocycles. The zero-order chi connectivity index (χ0) is 6.57. The van der Waals surface area contributed by atoms with E-state index in [1.165, 1.54) is 6.42 Å². The molecule has 2 unspecified atom stereocenters. The first-order valence-electron chi connectivity index (χ1n) is 3.72. The van der Waals surface area contributed by atoms with Crippen molar-refractivity contribution in [2.75, 3.05) is 0 Å². The molecule has 0 fully saturated rings. The van der Waals surface area contributed by atoms with Crippen LogP contribution in [0.15, 0.2) is 0 Å². The lowest BCUT2D eigenvalue weighted by atomic mass is 10.4. The summed E-state index contributed by atoms with van der Waals surface area (Å²) in [6.45, 7) is 7.34. The van der Waals surface area contributed by atoms with Crippen LogP contribution in [0.2, 0.25) is 12.1 Å². The van der Waals surface area contributed by atoms with Gasteiger partial charge in [0.05, 0.1) is 0 Å². The maximum Gasteiger partial charge on any atom is 0.0206 e. The lowest BCUT2D eigenvalue weighted by Crippen LogP contribution is -2.22. The van der Waals surface area contributed by atoms with Crippen molar-refractivity contribution in [2.45, 2.75) is 32.4 Å². The predicted molar refractivity (Wildman–Crippen MR) is 51.2 cm³/mol. The molecule has 0 nitrogen and oxygen atoms in total. The van der Waals surface area contributed by atoms with Gasteiger partial charge in [-0.1, -0.05) is 32.4 Å². The maximum atomic E-state index is 2.56. The molecule has 0 saturated carbocycles. The van der Waals surface area contributed by atoms with E-state index in [0.29, 0.717) is 8.55 Å². The van der Waals surface area contributed by atoms with Crippen LogP contribution in [-0.4, -0.2) is 26.6 Å². The molecule has 2 atom stereocenters. The first-order chi connectivity index (χ1) is 3.72. The Morgan fingerprint density at radius 1 is 1.75 bits per heavy atom. The van der Waals surface area contributed by atoms with E-state index in [4.69, 9.17) is 0 Å². The molecule has 0 N–H and O–H groups in total. The maximum absolute atomic E-state index is 2.56. The lowest BCUT2D eigenvalue weighted by Gasteiger charge is -2.12. The van der Waals surface area contributed by atoms with E-state index < -0.39 is 0 Å². The molecule has 8 heavy (non-hydrogen) atoms. The average molecular weight is 162 g/mol. The van der Waals surface area contributed by atoms with Crippen LogP contribution < -0.4 is 0 Å². The molecule has 0 aliphatic heterocycles. The second kappa shape index (κ2) is 4.52. The number of hydrogen-bond donors (Lipinski definition) is 0. The first kappa shape index (κ1) is 8.65. The van der Waals surface area contributed by atoms with E-state index in [9.17, 15) is 0 Å². The Bertz CT molecular complexity index is 47.6. The molecule has 3 heteroatoms. The summed E-state index contributed by atoms with van der Waals surface area (Å²) in [4.78, 5) is 0. The summed E-state index contributed by atoms with van der Waals surface area (Å²) < 4.78 is 0. The quantitative estimate of drug-likeness (QED) is 0.495. The van der Waals surface area contributed by atoms with E-state index in [0.717, 1.165) is 5.54 Å². The van der Waals surface area contributed by atoms with Gasteiger partial charge in [0.15, 0.2) is 0 Å². The zero-order valence-corrected chi connectivity index (χ0v) is 11.1. The van der Waals surface area contributed by atoms with Crippen molar-refractivity contribution < 1.29 is 0 Å². The molecule has 0 saturated heterocycles. The van der Waals surface area contributed by atoms with Crippen molar-refractivity contribution in [3.63, 3.8) is 0 Å². The van der Waals surface area contributed by atoms with E-state index >= 15 is 0 Å². The van der Waals surface area contributed by atoms with Gasteiger partial charge in [0.1, 0.15) is 0 Å². The predicted octanol–water partition coefficient (Wildman–Crippen LogP) is -0.411. The molecule has 50 valence electrons. The minimum absolute atomic E-state index is 0.0748. The van der Waals surface area contributed by atoms with Crippen molar-refractivity contribution in [3.8, 4) is 0 Å². The molecule has 0 aliphatic rings. The van der Waals surface area contributed by atoms with Gasteiger partial charge >= 0.3 is 0 Å². The molecule has 0 amide bonds. The van der Waals surface area contributed by atoms with Gasteiger partial charge in [-0.15, -0.1) is 0 Å². The minimum Gasteiger partial charge on any atom is -0.0744 e. The highest BCUT2D eigenvalue weighted by Gasteiger charge is 2.07. The fourth-order valence-electron chi connectivity index (χ4n) is 0.805. The highest BCUT2D eigenvalue weighted by Crippen LogP contribution is 2.10. The van der Waals surface area contributed by atoms with Crippen LogP contribution in [0.3, 0.4) is 0 Å². The van der Waals surface area contributed by atoms with Crippen LogP contribution in [-0.2, 0) is 0 Å². The third-order valence-electron chi connectivity index (χ3n) is 2.26. The van der Waals surface area contributed by atoms with Gasteiger partial charge in [0, 0.05) is 8.31 Å². The van der Waals surface area contributed by atoms with Crippen LogP contribution in [0.5, 0.6) is 0 Å². The van der Waals surface area contributed by atoms with Gasteiger partial charge in [-0.25, -0.2) is 0 Å². The van der Waals surface area contributed by atoms with Crippen molar-refractivity contribution in [1.29, 1.82) is 0 Å². The Balaban J connectivity index is 3.29. The van der Waals surface area contributed by atoms with Gasteiger partial charge in [-0.3, -0.25) is 0 Å². The van der Waals surface area contributed by atoms with E-state index in [2.05, 4.69) is 20.4 Å². The highest BCUT2D eigenvalue weighted by molar-refractivity contribution is 7.31. The molecule has 0 radical (unpaired) electrons. The van der Waals surface area contributed by atoms with Crippen LogP contribution in [0, 0.1) is 0 Å². The molecule has 0 rings (SSSR count). The first-order valence-corrected chi connectivity index (χ1v) is 14.5. The van der Waals surface area contributed by atoms with Crippen LogP contribution in [0.1, 0.15) is 20.3 Å². The van der Waals surface area contributed by atoms with Crippen LogP contribution >= 0.6 is 0 Å². The third-order valence-corrected chi connectivity index (χ3v) is 23.8. The van der Waals surface area contributed by atoms with Gasteiger partial charge in [-0.2, -0.15) is 0 Å². The Kier molecular flexibility index (Phi) is 4.89. The van der Waals surface area contributed by atoms with Crippen molar-refractivity contribution in [3.05, 3.63) is 0 Å². The third kappa shape index (κ3) is 2.84. The molecule has 0 bridgehead atoms. The van der Waals surface area contributed by atoms with Crippen molar-refractivity contribution in [2.24, 2.45) is 0 Å². The second-order valence-corrected chi connectivity index (χ2v) is 20.3. The van der Waals surface area contributed by atoms with Crippen LogP contribution in [0.4, 0.5) is 0 Å². The SMILES string of the molecule is CCC(C)[SiH](C)[SiH2][SiH3]. The Morgan fingerprint density at radius 3 is 2.38 bits per heavy atom. The minimum atomic E-state index is -0.0748. The van der Waals surface area contributed by atoms with Crippen molar-refractivity contribution >= 4 is 26.6 Å². The van der Waals surface area contributed by atoms with Gasteiger partial charge < -0.3 is 0 Å². The molecule has 0 aromatic heterocycles. The van der Waals surface area contributed by atoms with E-state index in [-0.39, 0.29) is 8.31 Å². The fourth-order valence-corrected chi connectivity index (χ4v) is 13.1. The highest BCUT2D eigenvalue weighted by atomic mass is 29.5. The Morgan fingerprint density at radius 2 is 2.25 bits per heavy atom. The summed E-state index contributed by atoms with van der Waals surface area (Å²) in [6, 6.07) is 0. The molecule has 0 aromatic rings. The smallest absolute Gasteiger partial charge is 0.0206 e. The number of hydrogen-bond acceptors (Lipinski definition) is 0. The summed E-state index contributed by atoms with van der Waals surface area (Å²) >= 11 is 0. The summed E-state index contributed by atoms with van der Waals surface area (Å²) in [5.41, 5.74) is 1.15. The van der Waals surface area contributed by atoms with E-state index in [1.807, 2.05) is 0 Å². The molecule has 0 spiro atoms. The molecular formula is C5H18Si3. The average Bonchev–Trinajstić information content (AvgIpc) is 1.84. The van der Waals surface area contributed by atoms with Gasteiger partial charge in [0.2, 0.25) is 0 Å². The monoisotopic (exact) mass is 162 g/mol. The largest absolute Gasteiger partial charge is 0.0744 e. The van der Waals surface area contributed by atoms with Gasteiger partial charge in [0.25, 0.3) is 0 Å². The Hall–Kier alpha value is 0.651. The van der Waals surface area contributed by atoms with E-state index in [1.54, 1.807) is 9.76 Å². The summed E-state index contributed by atoms with van der Waals surface area (Å²) in [5, 5.41) is 0. The molecule has 0 aromatic carbocycles. The summed E-state index contributed by atoms with van der Waals surface area (Å²) in [6.07, 6.45) is 1.45. The zero-order valence-electron chi connectivity index (χ0n) is 6.57. The standard InChI is InChI=1S/C5H18Si3/c1-4-5(2)8(3)7-6/h5,8H,4,7H2,1-3,6H3. The van der Waals surface area contributed by atoms with Crippen LogP contribution in [0.25, 0.3) is 0 Å². The number of rotatable bonds is 3. The topological polar surface area (TPSA) is 0 Å². The lowest BCUT2D eigenvalue weighted by molar-refractivity contribution is 0.867. The summed E-state index contributed by atoms with van der Waals surface area (Å²) in [5.74, 6) is 0. The Labute approximate surface area is 59.5 Å².